The number of carbonyl (C=O) groups is 1. The van der Waals surface area contributed by atoms with Crippen LogP contribution in [0.25, 0.3) is 11.3 Å². The molecule has 0 aliphatic carbocycles. The third kappa shape index (κ3) is 1.98. The van der Waals surface area contributed by atoms with Crippen molar-refractivity contribution >= 4 is 6.29 Å². The van der Waals surface area contributed by atoms with Crippen LogP contribution >= 0.6 is 0 Å². The molecular formula is C13H12N2O. The molecule has 0 aliphatic rings. The summed E-state index contributed by atoms with van der Waals surface area (Å²) in [5.41, 5.74) is 3.40. The molecule has 80 valence electrons. The summed E-state index contributed by atoms with van der Waals surface area (Å²) in [4.78, 5) is 19.1. The molecule has 0 fully saturated rings. The van der Waals surface area contributed by atoms with E-state index in [2.05, 4.69) is 9.97 Å². The largest absolute Gasteiger partial charge is 0.296 e. The minimum Gasteiger partial charge on any atom is -0.296 e. The highest BCUT2D eigenvalue weighted by molar-refractivity contribution is 5.75. The van der Waals surface area contributed by atoms with Crippen LogP contribution in [0.1, 0.15) is 21.9 Å². The van der Waals surface area contributed by atoms with Crippen LogP contribution in [0, 0.1) is 13.8 Å². The molecule has 1 aromatic carbocycles. The first-order valence-corrected chi connectivity index (χ1v) is 5.07. The lowest BCUT2D eigenvalue weighted by Gasteiger charge is -2.05. The fourth-order valence-corrected chi connectivity index (χ4v) is 1.65. The molecule has 0 saturated heterocycles. The van der Waals surface area contributed by atoms with E-state index in [-0.39, 0.29) is 0 Å². The van der Waals surface area contributed by atoms with Crippen LogP contribution in [0.15, 0.2) is 30.3 Å². The summed E-state index contributed by atoms with van der Waals surface area (Å²) in [6.07, 6.45) is 0.746. The average molecular weight is 212 g/mol. The van der Waals surface area contributed by atoms with Crippen molar-refractivity contribution in [2.24, 2.45) is 0 Å². The van der Waals surface area contributed by atoms with Gasteiger partial charge in [0.05, 0.1) is 5.69 Å². The van der Waals surface area contributed by atoms with E-state index in [0.717, 1.165) is 23.1 Å². The highest BCUT2D eigenvalue weighted by Crippen LogP contribution is 2.21. The molecular weight excluding hydrogens is 200 g/mol. The summed E-state index contributed by atoms with van der Waals surface area (Å²) in [5, 5.41) is 0. The van der Waals surface area contributed by atoms with Crippen LogP contribution < -0.4 is 0 Å². The standard InChI is InChI=1S/C13H12N2O/c1-9-5-3-4-6-12(9)13-7-11(8-16)14-10(2)15-13/h3-8H,1-2H3. The normalized spacial score (nSPS) is 10.1. The molecule has 0 spiro atoms. The van der Waals surface area contributed by atoms with E-state index in [4.69, 9.17) is 0 Å². The van der Waals surface area contributed by atoms with E-state index in [9.17, 15) is 4.79 Å². The summed E-state index contributed by atoms with van der Waals surface area (Å²) in [6.45, 7) is 3.81. The molecule has 0 amide bonds. The zero-order chi connectivity index (χ0) is 11.5. The Kier molecular flexibility index (Phi) is 2.77. The molecule has 0 bridgehead atoms. The Labute approximate surface area is 94.2 Å². The van der Waals surface area contributed by atoms with Crippen molar-refractivity contribution in [1.29, 1.82) is 0 Å². The number of carbonyl (C=O) groups excluding carboxylic acids is 1. The van der Waals surface area contributed by atoms with Crippen molar-refractivity contribution in [1.82, 2.24) is 9.97 Å². The lowest BCUT2D eigenvalue weighted by Crippen LogP contribution is -1.97. The SMILES string of the molecule is Cc1nc(C=O)cc(-c2ccccc2C)n1. The van der Waals surface area contributed by atoms with Gasteiger partial charge in [-0.25, -0.2) is 9.97 Å². The minimum atomic E-state index is 0.422. The summed E-state index contributed by atoms with van der Waals surface area (Å²) in [6, 6.07) is 9.66. The Hall–Kier alpha value is -2.03. The Balaban J connectivity index is 2.60. The van der Waals surface area contributed by atoms with E-state index < -0.39 is 0 Å². The van der Waals surface area contributed by atoms with E-state index >= 15 is 0 Å². The highest BCUT2D eigenvalue weighted by Gasteiger charge is 2.05. The second-order valence-electron chi connectivity index (χ2n) is 3.66. The van der Waals surface area contributed by atoms with E-state index in [1.165, 1.54) is 0 Å². The molecule has 2 rings (SSSR count). The van der Waals surface area contributed by atoms with Crippen molar-refractivity contribution < 1.29 is 4.79 Å². The fourth-order valence-electron chi connectivity index (χ4n) is 1.65. The van der Waals surface area contributed by atoms with Gasteiger partial charge < -0.3 is 0 Å². The number of benzene rings is 1. The second-order valence-corrected chi connectivity index (χ2v) is 3.66. The van der Waals surface area contributed by atoms with Gasteiger partial charge in [-0.2, -0.15) is 0 Å². The van der Waals surface area contributed by atoms with Crippen LogP contribution in [0.4, 0.5) is 0 Å². The second kappa shape index (κ2) is 4.23. The van der Waals surface area contributed by atoms with Crippen molar-refractivity contribution in [2.45, 2.75) is 13.8 Å². The van der Waals surface area contributed by atoms with Crippen LogP contribution in [-0.2, 0) is 0 Å². The third-order valence-electron chi connectivity index (χ3n) is 2.40. The molecule has 16 heavy (non-hydrogen) atoms. The molecule has 0 N–H and O–H groups in total. The van der Waals surface area contributed by atoms with Gasteiger partial charge in [0.1, 0.15) is 11.5 Å². The molecule has 2 aromatic rings. The van der Waals surface area contributed by atoms with Crippen LogP contribution in [0.5, 0.6) is 0 Å². The Bertz CT molecular complexity index is 535. The van der Waals surface area contributed by atoms with Gasteiger partial charge in [0.15, 0.2) is 6.29 Å². The zero-order valence-corrected chi connectivity index (χ0v) is 9.27. The number of hydrogen-bond acceptors (Lipinski definition) is 3. The number of aryl methyl sites for hydroxylation is 2. The predicted molar refractivity (Wildman–Crippen MR) is 62.3 cm³/mol. The number of rotatable bonds is 2. The number of nitrogens with zero attached hydrogens (tertiary/aromatic N) is 2. The van der Waals surface area contributed by atoms with Gasteiger partial charge >= 0.3 is 0 Å². The summed E-state index contributed by atoms with van der Waals surface area (Å²) in [7, 11) is 0. The maximum atomic E-state index is 10.7. The molecule has 0 saturated carbocycles. The van der Waals surface area contributed by atoms with E-state index in [0.29, 0.717) is 11.5 Å². The van der Waals surface area contributed by atoms with Gasteiger partial charge in [-0.15, -0.1) is 0 Å². The van der Waals surface area contributed by atoms with Crippen molar-refractivity contribution in [3.05, 3.63) is 47.4 Å². The van der Waals surface area contributed by atoms with Gasteiger partial charge in [0, 0.05) is 5.56 Å². The van der Waals surface area contributed by atoms with Crippen molar-refractivity contribution in [2.75, 3.05) is 0 Å². The molecule has 0 aliphatic heterocycles. The van der Waals surface area contributed by atoms with Gasteiger partial charge in [-0.1, -0.05) is 24.3 Å². The van der Waals surface area contributed by atoms with E-state index in [1.807, 2.05) is 31.2 Å². The van der Waals surface area contributed by atoms with Crippen LogP contribution in [0.2, 0.25) is 0 Å². The smallest absolute Gasteiger partial charge is 0.168 e. The van der Waals surface area contributed by atoms with Gasteiger partial charge in [-0.3, -0.25) is 4.79 Å². The zero-order valence-electron chi connectivity index (χ0n) is 9.27. The van der Waals surface area contributed by atoms with Crippen LogP contribution in [-0.4, -0.2) is 16.3 Å². The summed E-state index contributed by atoms with van der Waals surface area (Å²) in [5.74, 6) is 0.614. The Morgan fingerprint density at radius 1 is 1.12 bits per heavy atom. The first-order chi connectivity index (χ1) is 7.70. The fraction of sp³-hybridized carbons (Fsp3) is 0.154. The lowest BCUT2D eigenvalue weighted by molar-refractivity contribution is 0.111. The topological polar surface area (TPSA) is 42.9 Å². The third-order valence-corrected chi connectivity index (χ3v) is 2.40. The average Bonchev–Trinajstić information content (AvgIpc) is 2.28. The maximum absolute atomic E-state index is 10.7. The van der Waals surface area contributed by atoms with Gasteiger partial charge in [0.2, 0.25) is 0 Å². The molecule has 1 heterocycles. The van der Waals surface area contributed by atoms with Gasteiger partial charge in [-0.05, 0) is 25.5 Å². The highest BCUT2D eigenvalue weighted by atomic mass is 16.1. The number of aldehydes is 1. The quantitative estimate of drug-likeness (QED) is 0.718. The van der Waals surface area contributed by atoms with Crippen LogP contribution in [0.3, 0.4) is 0 Å². The molecule has 0 unspecified atom stereocenters. The van der Waals surface area contributed by atoms with E-state index in [1.54, 1.807) is 13.0 Å². The summed E-state index contributed by atoms with van der Waals surface area (Å²) < 4.78 is 0. The maximum Gasteiger partial charge on any atom is 0.168 e. The van der Waals surface area contributed by atoms with Gasteiger partial charge in [0.25, 0.3) is 0 Å². The monoisotopic (exact) mass is 212 g/mol. The molecule has 3 heteroatoms. The molecule has 3 nitrogen and oxygen atoms in total. The number of hydrogen-bond donors (Lipinski definition) is 0. The molecule has 0 radical (unpaired) electrons. The number of aromatic nitrogens is 2. The lowest BCUT2D eigenvalue weighted by atomic mass is 10.1. The molecule has 0 atom stereocenters. The van der Waals surface area contributed by atoms with Crippen molar-refractivity contribution in [3.8, 4) is 11.3 Å². The molecule has 1 aromatic heterocycles. The first-order valence-electron chi connectivity index (χ1n) is 5.07. The summed E-state index contributed by atoms with van der Waals surface area (Å²) >= 11 is 0. The minimum absolute atomic E-state index is 0.422. The first kappa shape index (κ1) is 10.5. The predicted octanol–water partition coefficient (Wildman–Crippen LogP) is 2.57. The Morgan fingerprint density at radius 3 is 2.56 bits per heavy atom. The Morgan fingerprint density at radius 2 is 1.88 bits per heavy atom. The van der Waals surface area contributed by atoms with Crippen molar-refractivity contribution in [3.63, 3.8) is 0 Å².